The van der Waals surface area contributed by atoms with Crippen LogP contribution in [-0.4, -0.2) is 22.9 Å². The van der Waals surface area contributed by atoms with Crippen LogP contribution >= 0.6 is 11.3 Å². The molecule has 1 N–H and O–H groups in total. The van der Waals surface area contributed by atoms with Crippen molar-refractivity contribution in [1.82, 2.24) is 15.1 Å². The van der Waals surface area contributed by atoms with E-state index in [1.54, 1.807) is 0 Å². The van der Waals surface area contributed by atoms with E-state index in [0.717, 1.165) is 38.8 Å². The van der Waals surface area contributed by atoms with Gasteiger partial charge in [0, 0.05) is 18.5 Å². The molecule has 4 heteroatoms. The molecule has 0 atom stereocenters. The summed E-state index contributed by atoms with van der Waals surface area (Å²) in [6, 6.07) is 4.90. The maximum atomic E-state index is 4.99. The third-order valence-electron chi connectivity index (χ3n) is 4.23. The fourth-order valence-corrected chi connectivity index (χ4v) is 3.89. The molecule has 1 aliphatic rings. The second-order valence-electron chi connectivity index (χ2n) is 5.42. The van der Waals surface area contributed by atoms with E-state index in [2.05, 4.69) is 41.4 Å². The molecule has 0 bridgehead atoms. The minimum atomic E-state index is 0.520. The summed E-state index contributed by atoms with van der Waals surface area (Å²) < 4.78 is 2.32. The van der Waals surface area contributed by atoms with Crippen LogP contribution in [0.1, 0.15) is 44.0 Å². The SMILES string of the molecule is CCC(CC)n1nc2c(c1-c1cccs1)CCNCC2. The van der Waals surface area contributed by atoms with Gasteiger partial charge in [-0.3, -0.25) is 4.68 Å². The maximum absolute atomic E-state index is 4.99. The minimum absolute atomic E-state index is 0.520. The van der Waals surface area contributed by atoms with Crippen LogP contribution in [0.15, 0.2) is 17.5 Å². The molecule has 0 aromatic carbocycles. The summed E-state index contributed by atoms with van der Waals surface area (Å²) in [7, 11) is 0. The van der Waals surface area contributed by atoms with Gasteiger partial charge < -0.3 is 5.32 Å². The predicted octanol–water partition coefficient (Wildman–Crippen LogP) is 3.66. The lowest BCUT2D eigenvalue weighted by Crippen LogP contribution is -2.18. The summed E-state index contributed by atoms with van der Waals surface area (Å²) in [6.07, 6.45) is 4.45. The van der Waals surface area contributed by atoms with E-state index in [1.807, 2.05) is 11.3 Å². The molecular weight excluding hydrogens is 266 g/mol. The highest BCUT2D eigenvalue weighted by atomic mass is 32.1. The van der Waals surface area contributed by atoms with Crippen LogP contribution in [-0.2, 0) is 12.8 Å². The normalized spacial score (nSPS) is 15.3. The minimum Gasteiger partial charge on any atom is -0.316 e. The molecule has 3 heterocycles. The lowest BCUT2D eigenvalue weighted by atomic mass is 10.1. The van der Waals surface area contributed by atoms with Gasteiger partial charge >= 0.3 is 0 Å². The van der Waals surface area contributed by atoms with Crippen LogP contribution in [0.4, 0.5) is 0 Å². The van der Waals surface area contributed by atoms with Crippen molar-refractivity contribution < 1.29 is 0 Å². The first-order valence-electron chi connectivity index (χ1n) is 7.70. The van der Waals surface area contributed by atoms with E-state index >= 15 is 0 Å². The maximum Gasteiger partial charge on any atom is 0.0820 e. The van der Waals surface area contributed by atoms with Crippen molar-refractivity contribution in [3.8, 4) is 10.6 Å². The van der Waals surface area contributed by atoms with Crippen LogP contribution in [0.25, 0.3) is 10.6 Å². The van der Waals surface area contributed by atoms with Crippen molar-refractivity contribution in [1.29, 1.82) is 0 Å². The first kappa shape index (κ1) is 13.8. The number of hydrogen-bond acceptors (Lipinski definition) is 3. The van der Waals surface area contributed by atoms with E-state index in [9.17, 15) is 0 Å². The molecule has 2 aromatic heterocycles. The van der Waals surface area contributed by atoms with Crippen LogP contribution in [0.3, 0.4) is 0 Å². The van der Waals surface area contributed by atoms with Gasteiger partial charge in [-0.15, -0.1) is 11.3 Å². The Balaban J connectivity index is 2.14. The lowest BCUT2D eigenvalue weighted by molar-refractivity contribution is 0.429. The fourth-order valence-electron chi connectivity index (χ4n) is 3.10. The summed E-state index contributed by atoms with van der Waals surface area (Å²) in [6.45, 7) is 6.65. The molecule has 0 saturated carbocycles. The fraction of sp³-hybridized carbons (Fsp3) is 0.562. The molecule has 3 rings (SSSR count). The number of aromatic nitrogens is 2. The van der Waals surface area contributed by atoms with Crippen LogP contribution in [0.5, 0.6) is 0 Å². The predicted molar refractivity (Wildman–Crippen MR) is 85.4 cm³/mol. The van der Waals surface area contributed by atoms with Gasteiger partial charge in [0.2, 0.25) is 0 Å². The highest BCUT2D eigenvalue weighted by molar-refractivity contribution is 7.13. The zero-order valence-corrected chi connectivity index (χ0v) is 13.2. The Hall–Kier alpha value is -1.13. The Labute approximate surface area is 125 Å². The van der Waals surface area contributed by atoms with Gasteiger partial charge in [0.15, 0.2) is 0 Å². The molecule has 0 radical (unpaired) electrons. The van der Waals surface area contributed by atoms with Crippen LogP contribution < -0.4 is 5.32 Å². The third-order valence-corrected chi connectivity index (χ3v) is 5.10. The Bertz CT molecular complexity index is 553. The highest BCUT2D eigenvalue weighted by Crippen LogP contribution is 2.34. The second-order valence-corrected chi connectivity index (χ2v) is 6.36. The van der Waals surface area contributed by atoms with Crippen molar-refractivity contribution >= 4 is 11.3 Å². The summed E-state index contributed by atoms with van der Waals surface area (Å²) >= 11 is 1.83. The van der Waals surface area contributed by atoms with Crippen LogP contribution in [0.2, 0.25) is 0 Å². The van der Waals surface area contributed by atoms with Gasteiger partial charge in [-0.2, -0.15) is 5.10 Å². The molecule has 0 spiro atoms. The summed E-state index contributed by atoms with van der Waals surface area (Å²) in [5, 5.41) is 10.6. The smallest absolute Gasteiger partial charge is 0.0820 e. The first-order chi connectivity index (χ1) is 9.85. The zero-order valence-electron chi connectivity index (χ0n) is 12.4. The van der Waals surface area contributed by atoms with E-state index in [1.165, 1.54) is 21.8 Å². The number of thiophene rings is 1. The van der Waals surface area contributed by atoms with E-state index in [0.29, 0.717) is 6.04 Å². The monoisotopic (exact) mass is 289 g/mol. The molecule has 0 fully saturated rings. The Morgan fingerprint density at radius 3 is 2.80 bits per heavy atom. The molecule has 3 nitrogen and oxygen atoms in total. The Kier molecular flexibility index (Phi) is 4.22. The number of nitrogens with one attached hydrogen (secondary N) is 1. The second kappa shape index (κ2) is 6.10. The molecule has 2 aromatic rings. The molecule has 1 aliphatic heterocycles. The summed E-state index contributed by atoms with van der Waals surface area (Å²) in [5.74, 6) is 0. The van der Waals surface area contributed by atoms with E-state index in [4.69, 9.17) is 5.10 Å². The zero-order chi connectivity index (χ0) is 13.9. The standard InChI is InChI=1S/C16H23N3S/c1-3-12(4-2)19-16(15-6-5-11-20-15)13-7-9-17-10-8-14(13)18-19/h5-6,11-12,17H,3-4,7-10H2,1-2H3. The van der Waals surface area contributed by atoms with Gasteiger partial charge in [-0.1, -0.05) is 19.9 Å². The Morgan fingerprint density at radius 2 is 2.10 bits per heavy atom. The van der Waals surface area contributed by atoms with E-state index < -0.39 is 0 Å². The van der Waals surface area contributed by atoms with Crippen LogP contribution in [0, 0.1) is 0 Å². The quantitative estimate of drug-likeness (QED) is 0.931. The summed E-state index contributed by atoms with van der Waals surface area (Å²) in [4.78, 5) is 1.37. The summed E-state index contributed by atoms with van der Waals surface area (Å²) in [5.41, 5.74) is 4.17. The Morgan fingerprint density at radius 1 is 1.30 bits per heavy atom. The van der Waals surface area contributed by atoms with Gasteiger partial charge in [0.1, 0.15) is 0 Å². The van der Waals surface area contributed by atoms with Gasteiger partial charge in [0.05, 0.1) is 22.3 Å². The average molecular weight is 289 g/mol. The lowest BCUT2D eigenvalue weighted by Gasteiger charge is -2.17. The van der Waals surface area contributed by atoms with E-state index in [-0.39, 0.29) is 0 Å². The number of hydrogen-bond donors (Lipinski definition) is 1. The molecular formula is C16H23N3S. The molecule has 20 heavy (non-hydrogen) atoms. The molecule has 0 amide bonds. The largest absolute Gasteiger partial charge is 0.316 e. The first-order valence-corrected chi connectivity index (χ1v) is 8.58. The van der Waals surface area contributed by atoms with Crippen molar-refractivity contribution in [2.45, 2.75) is 45.6 Å². The van der Waals surface area contributed by atoms with Gasteiger partial charge in [-0.25, -0.2) is 0 Å². The molecule has 108 valence electrons. The number of rotatable bonds is 4. The van der Waals surface area contributed by atoms with Gasteiger partial charge in [-0.05, 0) is 37.3 Å². The third kappa shape index (κ3) is 2.42. The van der Waals surface area contributed by atoms with Gasteiger partial charge in [0.25, 0.3) is 0 Å². The van der Waals surface area contributed by atoms with Crippen molar-refractivity contribution in [3.05, 3.63) is 28.8 Å². The molecule has 0 unspecified atom stereocenters. The number of fused-ring (bicyclic) bond motifs is 1. The highest BCUT2D eigenvalue weighted by Gasteiger charge is 2.23. The van der Waals surface area contributed by atoms with Crippen molar-refractivity contribution in [2.75, 3.05) is 13.1 Å². The van der Waals surface area contributed by atoms with Crippen molar-refractivity contribution in [3.63, 3.8) is 0 Å². The molecule has 0 aliphatic carbocycles. The van der Waals surface area contributed by atoms with Crippen molar-refractivity contribution in [2.24, 2.45) is 0 Å². The topological polar surface area (TPSA) is 29.9 Å². The molecule has 0 saturated heterocycles. The average Bonchev–Trinajstić information content (AvgIpc) is 3.03. The number of nitrogens with zero attached hydrogens (tertiary/aromatic N) is 2.